The number of anilines is 1. The van der Waals surface area contributed by atoms with Gasteiger partial charge in [-0.3, -0.25) is 0 Å². The highest BCUT2D eigenvalue weighted by Gasteiger charge is 2.32. The van der Waals surface area contributed by atoms with Gasteiger partial charge in [-0.2, -0.15) is 13.2 Å². The first-order valence-corrected chi connectivity index (χ1v) is 16.1. The van der Waals surface area contributed by atoms with Crippen molar-refractivity contribution in [1.29, 1.82) is 0 Å². The van der Waals surface area contributed by atoms with Crippen molar-refractivity contribution in [2.45, 2.75) is 76.4 Å². The number of aliphatic hydroxyl groups is 1. The molecule has 1 aliphatic heterocycles. The molecule has 0 bridgehead atoms. The Morgan fingerprint density at radius 1 is 1.14 bits per heavy atom. The number of nitrogens with zero attached hydrogens (tertiary/aromatic N) is 3. The average molecular weight is 512 g/mol. The number of aromatic nitrogens is 2. The molecule has 6 nitrogen and oxygen atoms in total. The number of fused-ring (bicyclic) bond motifs is 3. The van der Waals surface area contributed by atoms with Gasteiger partial charge in [0.1, 0.15) is 25.1 Å². The molecule has 3 heterocycles. The maximum absolute atomic E-state index is 12.4. The third-order valence-electron chi connectivity index (χ3n) is 6.85. The highest BCUT2D eigenvalue weighted by molar-refractivity contribution is 6.76. The van der Waals surface area contributed by atoms with Crippen molar-refractivity contribution < 1.29 is 27.8 Å². The average Bonchev–Trinajstić information content (AvgIpc) is 3.19. The number of alkyl halides is 3. The number of hydrogen-bond acceptors (Lipinski definition) is 5. The van der Waals surface area contributed by atoms with E-state index in [0.717, 1.165) is 60.6 Å². The van der Waals surface area contributed by atoms with Crippen molar-refractivity contribution in [3.05, 3.63) is 36.3 Å². The summed E-state index contributed by atoms with van der Waals surface area (Å²) in [6.07, 6.45) is 5.75. The number of hydrogen-bond donors (Lipinski definition) is 1. The summed E-state index contributed by atoms with van der Waals surface area (Å²) in [7, 11) is -1.16. The van der Waals surface area contributed by atoms with E-state index < -0.39 is 27.0 Å². The Kier molecular flexibility index (Phi) is 7.94. The van der Waals surface area contributed by atoms with Crippen LogP contribution in [0.4, 0.5) is 18.9 Å². The summed E-state index contributed by atoms with van der Waals surface area (Å²) in [5.74, 6) is 0.138. The van der Waals surface area contributed by atoms with Crippen molar-refractivity contribution >= 4 is 24.8 Å². The lowest BCUT2D eigenvalue weighted by Gasteiger charge is -2.39. The van der Waals surface area contributed by atoms with Crippen LogP contribution in [0.1, 0.15) is 37.4 Å². The number of aliphatic hydroxyl groups excluding tert-OH is 1. The molecule has 0 radical (unpaired) electrons. The fraction of sp³-hybridized carbons (Fsp3) is 0.640. The fourth-order valence-electron chi connectivity index (χ4n) is 4.88. The van der Waals surface area contributed by atoms with Crippen LogP contribution >= 0.6 is 0 Å². The van der Waals surface area contributed by atoms with E-state index in [9.17, 15) is 18.3 Å². The van der Waals surface area contributed by atoms with Crippen molar-refractivity contribution in [3.63, 3.8) is 0 Å². The minimum absolute atomic E-state index is 0.138. The van der Waals surface area contributed by atoms with Gasteiger partial charge in [0.25, 0.3) is 0 Å². The van der Waals surface area contributed by atoms with Gasteiger partial charge in [-0.05, 0) is 49.8 Å². The molecule has 1 fully saturated rings. The molecule has 1 unspecified atom stereocenters. The fourth-order valence-corrected chi connectivity index (χ4v) is 5.63. The Morgan fingerprint density at radius 2 is 1.89 bits per heavy atom. The summed E-state index contributed by atoms with van der Waals surface area (Å²) in [6.45, 7) is 7.09. The van der Waals surface area contributed by atoms with Gasteiger partial charge in [-0.25, -0.2) is 4.98 Å². The van der Waals surface area contributed by atoms with Gasteiger partial charge in [0.05, 0.1) is 5.69 Å². The second-order valence-corrected chi connectivity index (χ2v) is 16.6. The summed E-state index contributed by atoms with van der Waals surface area (Å²) in [5.41, 5.74) is 2.55. The van der Waals surface area contributed by atoms with Crippen molar-refractivity contribution in [2.24, 2.45) is 5.92 Å². The molecule has 2 aromatic rings. The number of rotatable bonds is 9. The molecule has 194 valence electrons. The Morgan fingerprint density at radius 3 is 2.57 bits per heavy atom. The minimum atomic E-state index is -4.28. The predicted molar refractivity (Wildman–Crippen MR) is 133 cm³/mol. The van der Waals surface area contributed by atoms with Gasteiger partial charge in [0.15, 0.2) is 0 Å². The standard InChI is InChI=1S/C25H36F3N3O3Si/c1-35(2,3)13-12-33-17-30-10-8-20-23-21(14-29-24(20)30)22(32)9-11-31(23)19-6-4-18(5-7-19)15-34-16-25(26,27)28/h8-11,14,18-19,22,32H,4-7,12-13,15-17H2,1-3H3/t18-,19-,22?. The molecule has 1 saturated carbocycles. The maximum Gasteiger partial charge on any atom is 0.411 e. The zero-order valence-electron chi connectivity index (χ0n) is 20.7. The Hall–Kier alpha value is -1.88. The van der Waals surface area contributed by atoms with Gasteiger partial charge in [-0.1, -0.05) is 19.6 Å². The van der Waals surface area contributed by atoms with E-state index in [-0.39, 0.29) is 18.6 Å². The highest BCUT2D eigenvalue weighted by atomic mass is 28.3. The summed E-state index contributed by atoms with van der Waals surface area (Å²) < 4.78 is 50.0. The minimum Gasteiger partial charge on any atom is -0.384 e. The predicted octanol–water partition coefficient (Wildman–Crippen LogP) is 5.85. The summed E-state index contributed by atoms with van der Waals surface area (Å²) >= 11 is 0. The second kappa shape index (κ2) is 10.6. The van der Waals surface area contributed by atoms with Crippen LogP contribution < -0.4 is 4.90 Å². The molecule has 10 heteroatoms. The Labute approximate surface area is 205 Å². The van der Waals surface area contributed by atoms with E-state index in [4.69, 9.17) is 9.47 Å². The molecule has 0 saturated heterocycles. The number of ether oxygens (including phenoxy) is 2. The van der Waals surface area contributed by atoms with Gasteiger partial charge < -0.3 is 24.0 Å². The molecule has 2 aromatic heterocycles. The van der Waals surface area contributed by atoms with Crippen LogP contribution in [-0.4, -0.2) is 54.8 Å². The quantitative estimate of drug-likeness (QED) is 0.338. The Balaban J connectivity index is 1.45. The van der Waals surface area contributed by atoms with Gasteiger partial charge in [0, 0.05) is 56.9 Å². The van der Waals surface area contributed by atoms with E-state index in [1.807, 2.05) is 23.0 Å². The van der Waals surface area contributed by atoms with Crippen LogP contribution in [0.5, 0.6) is 0 Å². The lowest BCUT2D eigenvalue weighted by Crippen LogP contribution is -2.37. The molecule has 1 atom stereocenters. The molecule has 0 amide bonds. The molecular formula is C25H36F3N3O3Si. The van der Waals surface area contributed by atoms with E-state index in [1.165, 1.54) is 0 Å². The first-order chi connectivity index (χ1) is 16.5. The van der Waals surface area contributed by atoms with Gasteiger partial charge >= 0.3 is 6.18 Å². The van der Waals surface area contributed by atoms with Crippen LogP contribution in [-0.2, 0) is 16.2 Å². The molecule has 0 spiro atoms. The van der Waals surface area contributed by atoms with Crippen LogP contribution in [0.15, 0.2) is 30.7 Å². The summed E-state index contributed by atoms with van der Waals surface area (Å²) in [5, 5.41) is 11.6. The molecule has 1 aliphatic carbocycles. The highest BCUT2D eigenvalue weighted by Crippen LogP contribution is 2.41. The maximum atomic E-state index is 12.4. The molecule has 0 aromatic carbocycles. The zero-order chi connectivity index (χ0) is 25.2. The van der Waals surface area contributed by atoms with Crippen molar-refractivity contribution in [1.82, 2.24) is 9.55 Å². The normalized spacial score (nSPS) is 23.2. The van der Waals surface area contributed by atoms with E-state index in [1.54, 1.807) is 12.3 Å². The molecule has 4 rings (SSSR count). The second-order valence-electron chi connectivity index (χ2n) is 10.9. The van der Waals surface area contributed by atoms with Crippen LogP contribution in [0.3, 0.4) is 0 Å². The third kappa shape index (κ3) is 6.66. The monoisotopic (exact) mass is 511 g/mol. The first kappa shape index (κ1) is 26.2. The van der Waals surface area contributed by atoms with Crippen molar-refractivity contribution in [3.8, 4) is 0 Å². The topological polar surface area (TPSA) is 59.8 Å². The molecule has 2 aliphatic rings. The number of pyridine rings is 1. The van der Waals surface area contributed by atoms with Gasteiger partial charge in [-0.15, -0.1) is 0 Å². The largest absolute Gasteiger partial charge is 0.411 e. The van der Waals surface area contributed by atoms with E-state index in [2.05, 4.69) is 29.5 Å². The SMILES string of the molecule is C[Si](C)(C)CCOCn1ccc2c3c(cnc21)C(O)C=CN3[C@H]1CC[C@H](COCC(F)(F)F)CC1. The lowest BCUT2D eigenvalue weighted by atomic mass is 9.85. The molecule has 35 heavy (non-hydrogen) atoms. The lowest BCUT2D eigenvalue weighted by molar-refractivity contribution is -0.177. The van der Waals surface area contributed by atoms with Crippen LogP contribution in [0, 0.1) is 5.92 Å². The number of halogens is 3. The Bertz CT molecular complexity index is 1030. The molecular weight excluding hydrogens is 475 g/mol. The third-order valence-corrected chi connectivity index (χ3v) is 8.55. The summed E-state index contributed by atoms with van der Waals surface area (Å²) in [6, 6.07) is 3.33. The van der Waals surface area contributed by atoms with Gasteiger partial charge in [0.2, 0.25) is 0 Å². The zero-order valence-corrected chi connectivity index (χ0v) is 21.7. The molecule has 1 N–H and O–H groups in total. The smallest absolute Gasteiger partial charge is 0.384 e. The van der Waals surface area contributed by atoms with Crippen molar-refractivity contribution in [2.75, 3.05) is 24.7 Å². The summed E-state index contributed by atoms with van der Waals surface area (Å²) in [4.78, 5) is 6.86. The van der Waals surface area contributed by atoms with E-state index in [0.29, 0.717) is 6.73 Å². The van der Waals surface area contributed by atoms with E-state index >= 15 is 0 Å². The van der Waals surface area contributed by atoms with Crippen LogP contribution in [0.25, 0.3) is 11.0 Å². The van der Waals surface area contributed by atoms with Crippen LogP contribution in [0.2, 0.25) is 25.7 Å². The first-order valence-electron chi connectivity index (χ1n) is 12.4.